The number of nitrogens with one attached hydrogen (secondary N) is 2. The number of carbonyl (C=O) groups is 2. The van der Waals surface area contributed by atoms with E-state index in [4.69, 9.17) is 0 Å². The highest BCUT2D eigenvalue weighted by Crippen LogP contribution is 2.17. The summed E-state index contributed by atoms with van der Waals surface area (Å²) in [6.07, 6.45) is 2.73. The topological polar surface area (TPSA) is 65.2 Å². The Balaban J connectivity index is 1.63. The molecule has 2 aromatic carbocycles. The number of hydrogen-bond acceptors (Lipinski definition) is 2. The third-order valence-corrected chi connectivity index (χ3v) is 4.78. The van der Waals surface area contributed by atoms with E-state index in [1.807, 2.05) is 38.2 Å². The summed E-state index contributed by atoms with van der Waals surface area (Å²) in [7, 11) is 0. The number of para-hydroxylation sites is 1. The van der Waals surface area contributed by atoms with E-state index in [9.17, 15) is 9.59 Å². The molecule has 5 nitrogen and oxygen atoms in total. The summed E-state index contributed by atoms with van der Waals surface area (Å²) in [4.78, 5) is 29.9. The fraction of sp³-hybridized carbons (Fsp3) is 0.273. The largest absolute Gasteiger partial charge is 0.361 e. The second-order valence-electron chi connectivity index (χ2n) is 6.42. The van der Waals surface area contributed by atoms with Crippen LogP contribution in [0.3, 0.4) is 0 Å². The van der Waals surface area contributed by atoms with Crippen molar-refractivity contribution in [3.05, 3.63) is 71.4 Å². The van der Waals surface area contributed by atoms with Gasteiger partial charge in [-0.25, -0.2) is 0 Å². The van der Waals surface area contributed by atoms with Crippen LogP contribution in [0.15, 0.2) is 54.7 Å². The second kappa shape index (κ2) is 8.54. The molecule has 0 fully saturated rings. The van der Waals surface area contributed by atoms with E-state index in [1.165, 1.54) is 10.9 Å². The van der Waals surface area contributed by atoms with Gasteiger partial charge in [-0.15, -0.1) is 0 Å². The van der Waals surface area contributed by atoms with Gasteiger partial charge in [0, 0.05) is 47.9 Å². The molecule has 3 rings (SSSR count). The summed E-state index contributed by atoms with van der Waals surface area (Å²) in [5, 5.41) is 4.13. The van der Waals surface area contributed by atoms with Gasteiger partial charge < -0.3 is 15.2 Å². The van der Waals surface area contributed by atoms with Crippen molar-refractivity contribution < 1.29 is 9.59 Å². The maximum absolute atomic E-state index is 12.5. The summed E-state index contributed by atoms with van der Waals surface area (Å²) < 4.78 is 0. The third-order valence-electron chi connectivity index (χ3n) is 4.78. The standard InChI is InChI=1S/C22H25N3O2/c1-3-25(4-2)22(27)17-9-7-8-16(14-17)21(26)23-13-12-18-15-24-20-11-6-5-10-19(18)20/h5-11,14-15,24H,3-4,12-13H2,1-2H3,(H,23,26). The van der Waals surface area contributed by atoms with Gasteiger partial charge in [0.05, 0.1) is 0 Å². The van der Waals surface area contributed by atoms with Gasteiger partial charge >= 0.3 is 0 Å². The highest BCUT2D eigenvalue weighted by Gasteiger charge is 2.14. The molecule has 2 amide bonds. The summed E-state index contributed by atoms with van der Waals surface area (Å²) in [5.74, 6) is -0.211. The first kappa shape index (κ1) is 18.7. The van der Waals surface area contributed by atoms with Crippen LogP contribution in [-0.4, -0.2) is 41.3 Å². The highest BCUT2D eigenvalue weighted by atomic mass is 16.2. The maximum atomic E-state index is 12.5. The van der Waals surface area contributed by atoms with Gasteiger partial charge in [-0.05, 0) is 50.1 Å². The van der Waals surface area contributed by atoms with Gasteiger partial charge in [-0.3, -0.25) is 9.59 Å². The van der Waals surface area contributed by atoms with Crippen molar-refractivity contribution >= 4 is 22.7 Å². The predicted octanol–water partition coefficient (Wildman–Crippen LogP) is 3.62. The van der Waals surface area contributed by atoms with Crippen LogP contribution in [0.5, 0.6) is 0 Å². The number of H-pyrrole nitrogens is 1. The molecule has 2 N–H and O–H groups in total. The van der Waals surface area contributed by atoms with Crippen molar-refractivity contribution in [2.45, 2.75) is 20.3 Å². The molecule has 0 aliphatic carbocycles. The van der Waals surface area contributed by atoms with Gasteiger partial charge in [-0.1, -0.05) is 24.3 Å². The smallest absolute Gasteiger partial charge is 0.253 e. The molecule has 0 bridgehead atoms. The predicted molar refractivity (Wildman–Crippen MR) is 108 cm³/mol. The highest BCUT2D eigenvalue weighted by molar-refractivity contribution is 5.99. The third kappa shape index (κ3) is 4.19. The molecule has 1 heterocycles. The lowest BCUT2D eigenvalue weighted by atomic mass is 10.1. The Labute approximate surface area is 159 Å². The van der Waals surface area contributed by atoms with Crippen LogP contribution in [0.1, 0.15) is 40.1 Å². The van der Waals surface area contributed by atoms with Crippen LogP contribution in [0, 0.1) is 0 Å². The molecule has 5 heteroatoms. The molecule has 0 aliphatic rings. The monoisotopic (exact) mass is 363 g/mol. The Kier molecular flexibility index (Phi) is 5.91. The number of benzene rings is 2. The first-order valence-corrected chi connectivity index (χ1v) is 9.36. The number of rotatable bonds is 7. The molecule has 1 aromatic heterocycles. The van der Waals surface area contributed by atoms with Crippen molar-refractivity contribution in [1.29, 1.82) is 0 Å². The van der Waals surface area contributed by atoms with Gasteiger partial charge in [0.2, 0.25) is 0 Å². The van der Waals surface area contributed by atoms with Crippen molar-refractivity contribution in [3.63, 3.8) is 0 Å². The minimum absolute atomic E-state index is 0.0477. The van der Waals surface area contributed by atoms with Crippen molar-refractivity contribution in [1.82, 2.24) is 15.2 Å². The van der Waals surface area contributed by atoms with Crippen molar-refractivity contribution in [2.75, 3.05) is 19.6 Å². The van der Waals surface area contributed by atoms with Crippen molar-refractivity contribution in [2.24, 2.45) is 0 Å². The number of fused-ring (bicyclic) bond motifs is 1. The molecule has 0 saturated carbocycles. The van der Waals surface area contributed by atoms with Crippen molar-refractivity contribution in [3.8, 4) is 0 Å². The molecule has 3 aromatic rings. The van der Waals surface area contributed by atoms with E-state index >= 15 is 0 Å². The van der Waals surface area contributed by atoms with Crippen LogP contribution in [0.4, 0.5) is 0 Å². The summed E-state index contributed by atoms with van der Waals surface area (Å²) in [6.45, 7) is 5.73. The van der Waals surface area contributed by atoms with Crippen LogP contribution >= 0.6 is 0 Å². The molecule has 0 atom stereocenters. The van der Waals surface area contributed by atoms with Crippen LogP contribution in [-0.2, 0) is 6.42 Å². The molecule has 0 spiro atoms. The zero-order valence-corrected chi connectivity index (χ0v) is 15.8. The Bertz CT molecular complexity index is 941. The number of amides is 2. The quantitative estimate of drug-likeness (QED) is 0.673. The lowest BCUT2D eigenvalue weighted by molar-refractivity contribution is 0.0773. The van der Waals surface area contributed by atoms with E-state index in [0.717, 1.165) is 11.9 Å². The number of nitrogens with zero attached hydrogens (tertiary/aromatic N) is 1. The van der Waals surface area contributed by atoms with E-state index < -0.39 is 0 Å². The summed E-state index contributed by atoms with van der Waals surface area (Å²) in [5.41, 5.74) is 3.33. The normalized spacial score (nSPS) is 10.7. The minimum atomic E-state index is -0.163. The number of hydrogen-bond donors (Lipinski definition) is 2. The lowest BCUT2D eigenvalue weighted by Crippen LogP contribution is -2.31. The number of aromatic nitrogens is 1. The summed E-state index contributed by atoms with van der Waals surface area (Å²) >= 11 is 0. The molecular weight excluding hydrogens is 338 g/mol. The minimum Gasteiger partial charge on any atom is -0.361 e. The van der Waals surface area contributed by atoms with E-state index in [2.05, 4.69) is 16.4 Å². The van der Waals surface area contributed by atoms with E-state index in [1.54, 1.807) is 29.2 Å². The van der Waals surface area contributed by atoms with Gasteiger partial charge in [0.15, 0.2) is 0 Å². The molecule has 0 unspecified atom stereocenters. The van der Waals surface area contributed by atoms with Gasteiger partial charge in [0.1, 0.15) is 0 Å². The molecule has 140 valence electrons. The molecule has 0 aliphatic heterocycles. The Morgan fingerprint density at radius 1 is 1.00 bits per heavy atom. The fourth-order valence-electron chi connectivity index (χ4n) is 3.24. The average molecular weight is 363 g/mol. The second-order valence-corrected chi connectivity index (χ2v) is 6.42. The van der Waals surface area contributed by atoms with Gasteiger partial charge in [0.25, 0.3) is 11.8 Å². The molecule has 0 saturated heterocycles. The van der Waals surface area contributed by atoms with E-state index in [0.29, 0.717) is 30.8 Å². The summed E-state index contributed by atoms with van der Waals surface area (Å²) in [6, 6.07) is 15.0. The molecule has 27 heavy (non-hydrogen) atoms. The Morgan fingerprint density at radius 2 is 1.74 bits per heavy atom. The first-order valence-electron chi connectivity index (χ1n) is 9.36. The lowest BCUT2D eigenvalue weighted by Gasteiger charge is -2.18. The van der Waals surface area contributed by atoms with E-state index in [-0.39, 0.29) is 11.8 Å². The van der Waals surface area contributed by atoms with Crippen LogP contribution in [0.2, 0.25) is 0 Å². The molecular formula is C22H25N3O2. The fourth-order valence-corrected chi connectivity index (χ4v) is 3.24. The first-order chi connectivity index (χ1) is 13.1. The SMILES string of the molecule is CCN(CC)C(=O)c1cccc(C(=O)NCCc2c[nH]c3ccccc23)c1. The van der Waals surface area contributed by atoms with Crippen LogP contribution in [0.25, 0.3) is 10.9 Å². The Morgan fingerprint density at radius 3 is 2.52 bits per heavy atom. The Hall–Kier alpha value is -3.08. The zero-order chi connectivity index (χ0) is 19.2. The number of aromatic amines is 1. The zero-order valence-electron chi connectivity index (χ0n) is 15.8. The van der Waals surface area contributed by atoms with Crippen LogP contribution < -0.4 is 5.32 Å². The van der Waals surface area contributed by atoms with Gasteiger partial charge in [-0.2, -0.15) is 0 Å². The number of carbonyl (C=O) groups excluding carboxylic acids is 2. The average Bonchev–Trinajstić information content (AvgIpc) is 3.12. The molecule has 0 radical (unpaired) electrons. The maximum Gasteiger partial charge on any atom is 0.253 e.